The fourth-order valence-electron chi connectivity index (χ4n) is 5.76. The standard InChI is InChI=1S/C35H38FN5O5S/c1-35(2,3)46-32(42)12-10-29(33(38)43)41-20-26-25(34(41)44)5-4-6-30(26)45-21-23-8-11-31(39-19-23)47-24-13-15-40(16-14-24)28-9-7-22(18-37)17-27(28)36/h4-9,11,17,19,24,29H,10,12-16,20-21H2,1-3H3,(H2,38,43)/t29-/m1/s1. The van der Waals surface area contributed by atoms with Gasteiger partial charge < -0.3 is 25.0 Å². The maximum absolute atomic E-state index is 14.5. The lowest BCUT2D eigenvalue weighted by Crippen LogP contribution is -2.45. The van der Waals surface area contributed by atoms with E-state index in [0.29, 0.717) is 33.4 Å². The molecule has 47 heavy (non-hydrogen) atoms. The van der Waals surface area contributed by atoms with Crippen molar-refractivity contribution in [1.29, 1.82) is 5.26 Å². The van der Waals surface area contributed by atoms with Crippen LogP contribution in [0.2, 0.25) is 0 Å². The van der Waals surface area contributed by atoms with Gasteiger partial charge in [-0.05, 0) is 76.4 Å². The van der Waals surface area contributed by atoms with Crippen LogP contribution in [-0.4, -0.2) is 57.6 Å². The van der Waals surface area contributed by atoms with Gasteiger partial charge in [-0.25, -0.2) is 9.37 Å². The highest BCUT2D eigenvalue weighted by molar-refractivity contribution is 7.99. The van der Waals surface area contributed by atoms with Crippen LogP contribution in [0, 0.1) is 17.1 Å². The van der Waals surface area contributed by atoms with Gasteiger partial charge in [0, 0.05) is 47.6 Å². The second kappa shape index (κ2) is 14.4. The van der Waals surface area contributed by atoms with E-state index < -0.39 is 23.5 Å². The lowest BCUT2D eigenvalue weighted by Gasteiger charge is -2.33. The molecule has 2 amide bonds. The number of hydrogen-bond donors (Lipinski definition) is 1. The number of pyridine rings is 1. The number of fused-ring (bicyclic) bond motifs is 1. The Morgan fingerprint density at radius 3 is 2.57 bits per heavy atom. The first-order chi connectivity index (χ1) is 22.4. The predicted octanol–water partition coefficient (Wildman–Crippen LogP) is 5.36. The number of thioether (sulfide) groups is 1. The summed E-state index contributed by atoms with van der Waals surface area (Å²) in [6, 6.07) is 14.7. The van der Waals surface area contributed by atoms with Crippen molar-refractivity contribution >= 4 is 35.2 Å². The van der Waals surface area contributed by atoms with E-state index in [9.17, 15) is 18.8 Å². The molecule has 2 aliphatic rings. The molecule has 1 aromatic heterocycles. The number of piperidine rings is 1. The highest BCUT2D eigenvalue weighted by Gasteiger charge is 2.37. The molecule has 0 spiro atoms. The Kier molecular flexibility index (Phi) is 10.3. The Hall–Kier alpha value is -4.63. The number of halogens is 1. The molecule has 2 aliphatic heterocycles. The summed E-state index contributed by atoms with van der Waals surface area (Å²) >= 11 is 1.70. The molecular formula is C35H38FN5O5S. The lowest BCUT2D eigenvalue weighted by atomic mass is 10.1. The smallest absolute Gasteiger partial charge is 0.306 e. The monoisotopic (exact) mass is 659 g/mol. The van der Waals surface area contributed by atoms with Crippen LogP contribution in [0.25, 0.3) is 0 Å². The van der Waals surface area contributed by atoms with Gasteiger partial charge in [-0.1, -0.05) is 12.1 Å². The minimum atomic E-state index is -0.964. The van der Waals surface area contributed by atoms with Gasteiger partial charge in [0.25, 0.3) is 5.91 Å². The number of ether oxygens (including phenoxy) is 2. The van der Waals surface area contributed by atoms with E-state index in [1.165, 1.54) is 11.0 Å². The first kappa shape index (κ1) is 33.7. The Morgan fingerprint density at radius 2 is 1.94 bits per heavy atom. The van der Waals surface area contributed by atoms with Crippen molar-refractivity contribution in [3.63, 3.8) is 0 Å². The van der Waals surface area contributed by atoms with Gasteiger partial charge in [0.05, 0.1) is 28.9 Å². The molecule has 1 fully saturated rings. The lowest BCUT2D eigenvalue weighted by molar-refractivity contribution is -0.155. The van der Waals surface area contributed by atoms with Crippen molar-refractivity contribution in [2.24, 2.45) is 5.73 Å². The molecule has 3 heterocycles. The van der Waals surface area contributed by atoms with Gasteiger partial charge in [0.15, 0.2) is 0 Å². The van der Waals surface area contributed by atoms with Crippen LogP contribution >= 0.6 is 11.8 Å². The molecule has 1 saturated heterocycles. The van der Waals surface area contributed by atoms with E-state index in [1.54, 1.807) is 69.1 Å². The zero-order valence-electron chi connectivity index (χ0n) is 26.7. The van der Waals surface area contributed by atoms with Crippen LogP contribution in [0.5, 0.6) is 5.75 Å². The molecular weight excluding hydrogens is 621 g/mol. The van der Waals surface area contributed by atoms with Crippen LogP contribution in [0.1, 0.15) is 73.5 Å². The van der Waals surface area contributed by atoms with Gasteiger partial charge in [0.1, 0.15) is 29.8 Å². The van der Waals surface area contributed by atoms with E-state index in [4.69, 9.17) is 20.5 Å². The van der Waals surface area contributed by atoms with Gasteiger partial charge in [-0.3, -0.25) is 14.4 Å². The van der Waals surface area contributed by atoms with Crippen molar-refractivity contribution in [2.45, 2.75) is 81.5 Å². The Morgan fingerprint density at radius 1 is 1.17 bits per heavy atom. The van der Waals surface area contributed by atoms with Crippen molar-refractivity contribution < 1.29 is 28.2 Å². The molecule has 0 aliphatic carbocycles. The summed E-state index contributed by atoms with van der Waals surface area (Å²) in [5.41, 5.74) is 7.80. The molecule has 3 aromatic rings. The molecule has 0 bridgehead atoms. The molecule has 2 aromatic carbocycles. The van der Waals surface area contributed by atoms with E-state index in [0.717, 1.165) is 36.5 Å². The number of primary amides is 1. The topological polar surface area (TPSA) is 139 Å². The normalized spacial score (nSPS) is 15.6. The van der Waals surface area contributed by atoms with Gasteiger partial charge >= 0.3 is 5.97 Å². The number of benzene rings is 2. The SMILES string of the molecule is CC(C)(C)OC(=O)CC[C@H](C(N)=O)N1Cc2c(OCc3ccc(SC4CCN(c5ccc(C#N)cc5F)CC4)nc3)cccc2C1=O. The minimum absolute atomic E-state index is 0.0482. The van der Waals surface area contributed by atoms with Crippen molar-refractivity contribution in [3.05, 3.63) is 82.8 Å². The first-order valence-corrected chi connectivity index (χ1v) is 16.4. The summed E-state index contributed by atoms with van der Waals surface area (Å²) in [5.74, 6) is -1.33. The summed E-state index contributed by atoms with van der Waals surface area (Å²) < 4.78 is 25.9. The molecule has 0 saturated carbocycles. The Balaban J connectivity index is 1.14. The third-order valence-corrected chi connectivity index (χ3v) is 9.33. The number of carbonyl (C=O) groups excluding carboxylic acids is 3. The van der Waals surface area contributed by atoms with Gasteiger partial charge in [-0.2, -0.15) is 5.26 Å². The molecule has 12 heteroatoms. The van der Waals surface area contributed by atoms with Crippen LogP contribution in [0.15, 0.2) is 59.8 Å². The summed E-state index contributed by atoms with van der Waals surface area (Å²) in [5, 5.41) is 10.2. The predicted molar refractivity (Wildman–Crippen MR) is 175 cm³/mol. The summed E-state index contributed by atoms with van der Waals surface area (Å²) in [6.07, 6.45) is 3.54. The number of hydrogen-bond acceptors (Lipinski definition) is 9. The zero-order valence-corrected chi connectivity index (χ0v) is 27.5. The molecule has 5 rings (SSSR count). The average Bonchev–Trinajstić information content (AvgIpc) is 3.36. The summed E-state index contributed by atoms with van der Waals surface area (Å²) in [7, 11) is 0. The number of nitrogens with two attached hydrogens (primary N) is 1. The number of anilines is 1. The van der Waals surface area contributed by atoms with Crippen LogP contribution in [0.3, 0.4) is 0 Å². The molecule has 10 nitrogen and oxygen atoms in total. The Bertz CT molecular complexity index is 1680. The zero-order chi connectivity index (χ0) is 33.7. The summed E-state index contributed by atoms with van der Waals surface area (Å²) in [4.78, 5) is 45.9. The number of nitriles is 1. The largest absolute Gasteiger partial charge is 0.488 e. The molecule has 1 atom stereocenters. The minimum Gasteiger partial charge on any atom is -0.488 e. The summed E-state index contributed by atoms with van der Waals surface area (Å²) in [6.45, 7) is 7.09. The molecule has 0 radical (unpaired) electrons. The van der Waals surface area contributed by atoms with Crippen LogP contribution in [0.4, 0.5) is 10.1 Å². The maximum Gasteiger partial charge on any atom is 0.306 e. The van der Waals surface area contributed by atoms with E-state index in [-0.39, 0.29) is 37.7 Å². The molecule has 0 unspecified atom stereocenters. The third-order valence-electron chi connectivity index (χ3n) is 8.04. The number of rotatable bonds is 11. The van der Waals surface area contributed by atoms with Crippen LogP contribution in [-0.2, 0) is 27.5 Å². The van der Waals surface area contributed by atoms with Crippen molar-refractivity contribution in [3.8, 4) is 11.8 Å². The van der Waals surface area contributed by atoms with Gasteiger partial charge in [-0.15, -0.1) is 11.8 Å². The number of amides is 2. The highest BCUT2D eigenvalue weighted by atomic mass is 32.2. The fourth-order valence-corrected chi connectivity index (χ4v) is 6.81. The quantitative estimate of drug-likeness (QED) is 0.270. The third kappa shape index (κ3) is 8.40. The molecule has 246 valence electrons. The van der Waals surface area contributed by atoms with Crippen molar-refractivity contribution in [2.75, 3.05) is 18.0 Å². The first-order valence-electron chi connectivity index (χ1n) is 15.5. The number of nitrogens with zero attached hydrogens (tertiary/aromatic N) is 4. The van der Waals surface area contributed by atoms with Crippen LogP contribution < -0.4 is 15.4 Å². The van der Waals surface area contributed by atoms with Gasteiger partial charge in [0.2, 0.25) is 5.91 Å². The van der Waals surface area contributed by atoms with E-state index >= 15 is 0 Å². The van der Waals surface area contributed by atoms with E-state index in [1.807, 2.05) is 23.1 Å². The van der Waals surface area contributed by atoms with E-state index in [2.05, 4.69) is 4.98 Å². The fraction of sp³-hybridized carbons (Fsp3) is 0.400. The number of aromatic nitrogens is 1. The highest BCUT2D eigenvalue weighted by Crippen LogP contribution is 2.35. The average molecular weight is 660 g/mol. The molecule has 2 N–H and O–H groups in total. The second-order valence-electron chi connectivity index (χ2n) is 12.6. The number of carbonyl (C=O) groups is 3. The second-order valence-corrected chi connectivity index (χ2v) is 14.0. The number of esters is 1. The van der Waals surface area contributed by atoms with Crippen molar-refractivity contribution in [1.82, 2.24) is 9.88 Å². The maximum atomic E-state index is 14.5. The Labute approximate surface area is 278 Å².